The second kappa shape index (κ2) is 11.3. The summed E-state index contributed by atoms with van der Waals surface area (Å²) < 4.78 is 5.73. The molecule has 0 aromatic heterocycles. The van der Waals surface area contributed by atoms with E-state index in [2.05, 4.69) is 23.5 Å². The minimum absolute atomic E-state index is 0.0533. The van der Waals surface area contributed by atoms with Crippen LogP contribution in [0.15, 0.2) is 59.7 Å². The van der Waals surface area contributed by atoms with Crippen LogP contribution < -0.4 is 10.1 Å². The molecule has 3 amide bonds. The van der Waals surface area contributed by atoms with Crippen LogP contribution in [0.1, 0.15) is 67.3 Å². The van der Waals surface area contributed by atoms with Gasteiger partial charge in [-0.1, -0.05) is 50.0 Å². The molecule has 0 bridgehead atoms. The summed E-state index contributed by atoms with van der Waals surface area (Å²) in [5.41, 5.74) is 4.31. The number of allylic oxidation sites excluding steroid dienone is 2. The minimum atomic E-state index is -0.179. The Morgan fingerprint density at radius 2 is 1.62 bits per heavy atom. The number of carbonyl (C=O) groups excluding carboxylic acids is 3. The third kappa shape index (κ3) is 5.03. The predicted octanol–water partition coefficient (Wildman–Crippen LogP) is 4.74. The van der Waals surface area contributed by atoms with Gasteiger partial charge in [0.25, 0.3) is 5.91 Å². The van der Waals surface area contributed by atoms with Crippen molar-refractivity contribution in [1.82, 2.24) is 15.2 Å². The number of ether oxygens (including phenoxy) is 1. The first-order chi connectivity index (χ1) is 19.5. The smallest absolute Gasteiger partial charge is 0.255 e. The zero-order chi connectivity index (χ0) is 27.6. The standard InChI is InChI=1S/C32H36N4O4/c1-40-28-17-16-23(18-27(28)21-12-14-22(15-13-21)31(38)35-19-29(37)33-20-35)30-25-10-6-7-11-26(25)32(39)36(34-30)24-8-4-2-3-5-9-24/h6-7,12-18,24-26H,2-5,8-11,19-20H2,1H3,(H,33,37)/t25-,26+/m0/s1. The summed E-state index contributed by atoms with van der Waals surface area (Å²) >= 11 is 0. The molecule has 1 saturated heterocycles. The molecule has 2 aliphatic carbocycles. The summed E-state index contributed by atoms with van der Waals surface area (Å²) in [4.78, 5) is 39.5. The van der Waals surface area contributed by atoms with Gasteiger partial charge in [0.15, 0.2) is 0 Å². The van der Waals surface area contributed by atoms with Crippen LogP contribution in [0.4, 0.5) is 0 Å². The molecule has 2 aromatic rings. The van der Waals surface area contributed by atoms with Gasteiger partial charge in [0, 0.05) is 17.0 Å². The normalized spacial score (nSPS) is 23.4. The maximum atomic E-state index is 13.6. The molecule has 2 heterocycles. The van der Waals surface area contributed by atoms with Crippen LogP contribution in [-0.2, 0) is 9.59 Å². The zero-order valence-corrected chi connectivity index (χ0v) is 23.0. The fourth-order valence-electron chi connectivity index (χ4n) is 6.51. The zero-order valence-electron chi connectivity index (χ0n) is 23.0. The summed E-state index contributed by atoms with van der Waals surface area (Å²) in [5.74, 6) is 0.550. The number of hydrogen-bond acceptors (Lipinski definition) is 5. The van der Waals surface area contributed by atoms with Crippen molar-refractivity contribution in [2.45, 2.75) is 57.4 Å². The van der Waals surface area contributed by atoms with Gasteiger partial charge in [-0.15, -0.1) is 0 Å². The second-order valence-electron chi connectivity index (χ2n) is 11.2. The number of carbonyl (C=O) groups is 3. The Hall–Kier alpha value is -3.94. The van der Waals surface area contributed by atoms with Gasteiger partial charge < -0.3 is 15.0 Å². The number of rotatable bonds is 5. The molecule has 0 radical (unpaired) electrons. The number of nitrogens with zero attached hydrogens (tertiary/aromatic N) is 3. The van der Waals surface area contributed by atoms with Gasteiger partial charge in [0.1, 0.15) is 12.3 Å². The third-order valence-electron chi connectivity index (χ3n) is 8.74. The van der Waals surface area contributed by atoms with Crippen LogP contribution >= 0.6 is 0 Å². The quantitative estimate of drug-likeness (QED) is 0.438. The van der Waals surface area contributed by atoms with E-state index in [0.29, 0.717) is 5.56 Å². The highest BCUT2D eigenvalue weighted by Gasteiger charge is 2.42. The van der Waals surface area contributed by atoms with Gasteiger partial charge >= 0.3 is 0 Å². The van der Waals surface area contributed by atoms with Gasteiger partial charge in [0.05, 0.1) is 31.4 Å². The molecule has 1 saturated carbocycles. The van der Waals surface area contributed by atoms with Crippen LogP contribution in [0, 0.1) is 11.8 Å². The number of methoxy groups -OCH3 is 1. The van der Waals surface area contributed by atoms with E-state index in [1.807, 2.05) is 29.3 Å². The fourth-order valence-corrected chi connectivity index (χ4v) is 6.51. The van der Waals surface area contributed by atoms with Crippen LogP contribution in [0.3, 0.4) is 0 Å². The molecule has 0 unspecified atom stereocenters. The molecule has 8 heteroatoms. The largest absolute Gasteiger partial charge is 0.496 e. The van der Waals surface area contributed by atoms with Crippen molar-refractivity contribution in [1.29, 1.82) is 0 Å². The van der Waals surface area contributed by atoms with Gasteiger partial charge in [-0.3, -0.25) is 14.4 Å². The molecule has 208 valence electrons. The van der Waals surface area contributed by atoms with Crippen LogP contribution in [0.25, 0.3) is 11.1 Å². The summed E-state index contributed by atoms with van der Waals surface area (Å²) in [6.45, 7) is 0.311. The molecule has 2 atom stereocenters. The minimum Gasteiger partial charge on any atom is -0.496 e. The third-order valence-corrected chi connectivity index (χ3v) is 8.74. The summed E-state index contributed by atoms with van der Waals surface area (Å²) in [6.07, 6.45) is 12.6. The molecule has 4 aliphatic rings. The maximum Gasteiger partial charge on any atom is 0.255 e. The maximum absolute atomic E-state index is 13.6. The van der Waals surface area contributed by atoms with E-state index in [1.165, 1.54) is 17.7 Å². The van der Waals surface area contributed by atoms with Gasteiger partial charge in [-0.25, -0.2) is 5.01 Å². The fraction of sp³-hybridized carbons (Fsp3) is 0.438. The SMILES string of the molecule is COc1ccc(C2=NN(C3CCCCCC3)C(=O)[C@@H]3CC=CC[C@H]23)cc1-c1ccc(C(=O)N2CNC(=O)C2)cc1. The van der Waals surface area contributed by atoms with Crippen molar-refractivity contribution in [3.8, 4) is 16.9 Å². The summed E-state index contributed by atoms with van der Waals surface area (Å²) in [6, 6.07) is 13.7. The summed E-state index contributed by atoms with van der Waals surface area (Å²) in [7, 11) is 1.65. The Labute approximate surface area is 235 Å². The Morgan fingerprint density at radius 1 is 0.925 bits per heavy atom. The number of benzene rings is 2. The Bertz CT molecular complexity index is 1360. The van der Waals surface area contributed by atoms with Gasteiger partial charge in [-0.2, -0.15) is 5.10 Å². The Kier molecular flexibility index (Phi) is 7.41. The highest BCUT2D eigenvalue weighted by molar-refractivity contribution is 6.08. The molecule has 2 aliphatic heterocycles. The van der Waals surface area contributed by atoms with Crippen molar-refractivity contribution < 1.29 is 19.1 Å². The molecule has 8 nitrogen and oxygen atoms in total. The lowest BCUT2D eigenvalue weighted by Gasteiger charge is -2.40. The molecule has 6 rings (SSSR count). The van der Waals surface area contributed by atoms with E-state index in [1.54, 1.807) is 19.2 Å². The number of hydrazone groups is 1. The molecule has 2 aromatic carbocycles. The lowest BCUT2D eigenvalue weighted by Crippen LogP contribution is -2.49. The number of amides is 3. The molecule has 40 heavy (non-hydrogen) atoms. The van der Waals surface area contributed by atoms with Gasteiger partial charge in [-0.05, 0) is 67.1 Å². The second-order valence-corrected chi connectivity index (χ2v) is 11.2. The van der Waals surface area contributed by atoms with Crippen molar-refractivity contribution in [2.75, 3.05) is 20.3 Å². The monoisotopic (exact) mass is 540 g/mol. The first-order valence-electron chi connectivity index (χ1n) is 14.4. The van der Waals surface area contributed by atoms with Crippen molar-refractivity contribution in [3.05, 3.63) is 65.7 Å². The molecular formula is C32H36N4O4. The van der Waals surface area contributed by atoms with E-state index in [4.69, 9.17) is 9.84 Å². The predicted molar refractivity (Wildman–Crippen MR) is 153 cm³/mol. The number of nitrogens with one attached hydrogen (secondary N) is 1. The first kappa shape index (κ1) is 26.3. The van der Waals surface area contributed by atoms with E-state index in [-0.39, 0.29) is 48.8 Å². The number of hydrogen-bond donors (Lipinski definition) is 1. The van der Waals surface area contributed by atoms with Crippen molar-refractivity contribution in [3.63, 3.8) is 0 Å². The van der Waals surface area contributed by atoms with Crippen LogP contribution in [-0.4, -0.2) is 59.7 Å². The van der Waals surface area contributed by atoms with Crippen molar-refractivity contribution in [2.24, 2.45) is 16.9 Å². The van der Waals surface area contributed by atoms with Crippen LogP contribution in [0.2, 0.25) is 0 Å². The van der Waals surface area contributed by atoms with Crippen molar-refractivity contribution >= 4 is 23.4 Å². The Morgan fingerprint density at radius 3 is 2.30 bits per heavy atom. The lowest BCUT2D eigenvalue weighted by atomic mass is 9.76. The molecule has 0 spiro atoms. The van der Waals surface area contributed by atoms with E-state index in [9.17, 15) is 14.4 Å². The molecule has 1 N–H and O–H groups in total. The van der Waals surface area contributed by atoms with E-state index >= 15 is 0 Å². The Balaban J connectivity index is 1.34. The average Bonchev–Trinajstić information content (AvgIpc) is 3.25. The van der Waals surface area contributed by atoms with Crippen LogP contribution in [0.5, 0.6) is 5.75 Å². The highest BCUT2D eigenvalue weighted by atomic mass is 16.5. The molecule has 2 fully saturated rings. The molecular weight excluding hydrogens is 504 g/mol. The average molecular weight is 541 g/mol. The lowest BCUT2D eigenvalue weighted by molar-refractivity contribution is -0.140. The van der Waals surface area contributed by atoms with E-state index < -0.39 is 0 Å². The topological polar surface area (TPSA) is 91.3 Å². The number of fused-ring (bicyclic) bond motifs is 1. The first-order valence-corrected chi connectivity index (χ1v) is 14.4. The van der Waals surface area contributed by atoms with Gasteiger partial charge in [0.2, 0.25) is 11.8 Å². The van der Waals surface area contributed by atoms with E-state index in [0.717, 1.165) is 66.7 Å². The highest BCUT2D eigenvalue weighted by Crippen LogP contribution is 2.39. The summed E-state index contributed by atoms with van der Waals surface area (Å²) in [5, 5.41) is 9.61.